The molecular formula is C56H34. The zero-order chi connectivity index (χ0) is 36.7. The SMILES string of the molecule is c1cc(-c2cc3c4c(cccc4c2)-c2ccccc2-3)cc(-c2ccc3c(-c4ccc5ccccc5c4)c4ccccc4c(-c4cccc5ccccc45)c3c2)c1. The van der Waals surface area contributed by atoms with Crippen LogP contribution in [0.3, 0.4) is 0 Å². The van der Waals surface area contributed by atoms with E-state index in [0.717, 1.165) is 0 Å². The Bertz CT molecular complexity index is 3410. The van der Waals surface area contributed by atoms with Gasteiger partial charge in [0.15, 0.2) is 0 Å². The second kappa shape index (κ2) is 12.1. The van der Waals surface area contributed by atoms with E-state index in [1.165, 1.54) is 121 Å². The number of fused-ring (bicyclic) bond motifs is 7. The third-order valence-electron chi connectivity index (χ3n) is 12.1. The van der Waals surface area contributed by atoms with Gasteiger partial charge >= 0.3 is 0 Å². The van der Waals surface area contributed by atoms with E-state index in [0.29, 0.717) is 0 Å². The van der Waals surface area contributed by atoms with Crippen LogP contribution in [0.4, 0.5) is 0 Å². The second-order valence-corrected chi connectivity index (χ2v) is 15.2. The van der Waals surface area contributed by atoms with Crippen molar-refractivity contribution in [3.8, 4) is 66.8 Å². The molecule has 11 aromatic carbocycles. The molecule has 11 aromatic rings. The van der Waals surface area contributed by atoms with E-state index < -0.39 is 0 Å². The van der Waals surface area contributed by atoms with Crippen LogP contribution in [0.15, 0.2) is 206 Å². The molecule has 0 bridgehead atoms. The minimum absolute atomic E-state index is 1.21. The molecule has 0 aliphatic heterocycles. The average molecular weight is 707 g/mol. The van der Waals surface area contributed by atoms with Gasteiger partial charge in [-0.05, 0) is 151 Å². The van der Waals surface area contributed by atoms with Crippen molar-refractivity contribution < 1.29 is 0 Å². The zero-order valence-corrected chi connectivity index (χ0v) is 30.6. The fraction of sp³-hybridized carbons (Fsp3) is 0. The van der Waals surface area contributed by atoms with Crippen LogP contribution < -0.4 is 0 Å². The highest BCUT2D eigenvalue weighted by Gasteiger charge is 2.22. The van der Waals surface area contributed by atoms with Gasteiger partial charge in [-0.2, -0.15) is 0 Å². The molecule has 0 fully saturated rings. The Kier molecular flexibility index (Phi) is 6.73. The average Bonchev–Trinajstić information content (AvgIpc) is 3.59. The van der Waals surface area contributed by atoms with E-state index in [1.807, 2.05) is 0 Å². The fourth-order valence-electron chi connectivity index (χ4n) is 9.61. The van der Waals surface area contributed by atoms with Gasteiger partial charge in [-0.3, -0.25) is 0 Å². The summed E-state index contributed by atoms with van der Waals surface area (Å²) in [4.78, 5) is 0. The number of hydrogen-bond donors (Lipinski definition) is 0. The van der Waals surface area contributed by atoms with Gasteiger partial charge in [0, 0.05) is 0 Å². The summed E-state index contributed by atoms with van der Waals surface area (Å²) in [5.41, 5.74) is 15.2. The summed E-state index contributed by atoms with van der Waals surface area (Å²) in [6, 6.07) is 76.7. The van der Waals surface area contributed by atoms with Gasteiger partial charge in [0.05, 0.1) is 0 Å². The Balaban J connectivity index is 1.11. The van der Waals surface area contributed by atoms with E-state index in [2.05, 4.69) is 206 Å². The van der Waals surface area contributed by atoms with E-state index in [-0.39, 0.29) is 0 Å². The molecule has 0 heterocycles. The molecule has 0 heteroatoms. The molecule has 1 aliphatic rings. The lowest BCUT2D eigenvalue weighted by atomic mass is 9.83. The van der Waals surface area contributed by atoms with E-state index in [9.17, 15) is 0 Å². The van der Waals surface area contributed by atoms with Crippen molar-refractivity contribution >= 4 is 53.9 Å². The number of hydrogen-bond acceptors (Lipinski definition) is 0. The minimum atomic E-state index is 1.21. The molecule has 0 nitrogen and oxygen atoms in total. The van der Waals surface area contributed by atoms with Gasteiger partial charge < -0.3 is 0 Å². The maximum atomic E-state index is 2.45. The third-order valence-corrected chi connectivity index (χ3v) is 12.1. The molecule has 1 aliphatic carbocycles. The van der Waals surface area contributed by atoms with E-state index in [1.54, 1.807) is 0 Å². The van der Waals surface area contributed by atoms with Crippen LogP contribution in [0.2, 0.25) is 0 Å². The first-order valence-electron chi connectivity index (χ1n) is 19.5. The summed E-state index contributed by atoms with van der Waals surface area (Å²) in [5.74, 6) is 0. The van der Waals surface area contributed by atoms with Crippen LogP contribution >= 0.6 is 0 Å². The minimum Gasteiger partial charge on any atom is -0.0616 e. The zero-order valence-electron chi connectivity index (χ0n) is 30.6. The molecule has 0 radical (unpaired) electrons. The summed E-state index contributed by atoms with van der Waals surface area (Å²) in [5, 5.41) is 12.7. The smallest absolute Gasteiger partial charge is 0.00199 e. The number of rotatable bonds is 4. The van der Waals surface area contributed by atoms with Crippen molar-refractivity contribution in [3.05, 3.63) is 206 Å². The van der Waals surface area contributed by atoms with Crippen LogP contribution in [0.25, 0.3) is 121 Å². The van der Waals surface area contributed by atoms with Crippen molar-refractivity contribution in [3.63, 3.8) is 0 Å². The van der Waals surface area contributed by atoms with Gasteiger partial charge in [-0.25, -0.2) is 0 Å². The monoisotopic (exact) mass is 706 g/mol. The largest absolute Gasteiger partial charge is 0.0616 e. The maximum absolute atomic E-state index is 2.45. The molecule has 0 aromatic heterocycles. The first-order chi connectivity index (χ1) is 27.8. The van der Waals surface area contributed by atoms with E-state index >= 15 is 0 Å². The van der Waals surface area contributed by atoms with Crippen LogP contribution in [-0.2, 0) is 0 Å². The highest BCUT2D eigenvalue weighted by molar-refractivity contribution is 6.24. The van der Waals surface area contributed by atoms with Gasteiger partial charge in [0.1, 0.15) is 0 Å². The molecule has 0 unspecified atom stereocenters. The van der Waals surface area contributed by atoms with Gasteiger partial charge in [-0.15, -0.1) is 0 Å². The normalized spacial score (nSPS) is 11.9. The lowest BCUT2D eigenvalue weighted by Crippen LogP contribution is -1.93. The first-order valence-corrected chi connectivity index (χ1v) is 19.5. The quantitative estimate of drug-likeness (QED) is 0.160. The van der Waals surface area contributed by atoms with Crippen LogP contribution in [0.1, 0.15) is 0 Å². The summed E-state index contributed by atoms with van der Waals surface area (Å²) >= 11 is 0. The molecule has 0 spiro atoms. The van der Waals surface area contributed by atoms with Gasteiger partial charge in [-0.1, -0.05) is 176 Å². The van der Waals surface area contributed by atoms with Crippen molar-refractivity contribution in [2.24, 2.45) is 0 Å². The Labute approximate surface area is 325 Å². The van der Waals surface area contributed by atoms with Gasteiger partial charge in [0.25, 0.3) is 0 Å². The van der Waals surface area contributed by atoms with Crippen molar-refractivity contribution in [2.75, 3.05) is 0 Å². The Morgan fingerprint density at radius 3 is 1.57 bits per heavy atom. The van der Waals surface area contributed by atoms with Crippen LogP contribution in [0.5, 0.6) is 0 Å². The molecule has 56 heavy (non-hydrogen) atoms. The standard InChI is InChI=1S/C56H34/c1-2-14-37-31-42(27-26-35(37)12-1)54-49-22-7-8-23-50(49)56(47-24-10-15-36-13-3-4-19-44(36)47)53-33-40(28-29-51(53)54)38-16-9-17-39(30-38)43-32-41-18-11-25-48-45-20-5-6-21-46(45)52(34-43)55(41)48/h1-34H. The molecule has 0 saturated carbocycles. The van der Waals surface area contributed by atoms with Crippen molar-refractivity contribution in [1.82, 2.24) is 0 Å². The van der Waals surface area contributed by atoms with E-state index in [4.69, 9.17) is 0 Å². The Morgan fingerprint density at radius 2 is 0.732 bits per heavy atom. The predicted octanol–water partition coefficient (Wildman–Crippen LogP) is 15.8. The summed E-state index contributed by atoms with van der Waals surface area (Å²) < 4.78 is 0. The lowest BCUT2D eigenvalue weighted by Gasteiger charge is -2.20. The first kappa shape index (κ1) is 31.1. The summed E-state index contributed by atoms with van der Waals surface area (Å²) in [6.07, 6.45) is 0. The highest BCUT2D eigenvalue weighted by Crippen LogP contribution is 2.50. The molecule has 258 valence electrons. The molecule has 0 saturated heterocycles. The molecule has 0 amide bonds. The molecule has 12 rings (SSSR count). The third kappa shape index (κ3) is 4.66. The summed E-state index contributed by atoms with van der Waals surface area (Å²) in [7, 11) is 0. The maximum Gasteiger partial charge on any atom is -0.00199 e. The van der Waals surface area contributed by atoms with Crippen LogP contribution in [-0.4, -0.2) is 0 Å². The predicted molar refractivity (Wildman–Crippen MR) is 240 cm³/mol. The number of benzene rings is 11. The second-order valence-electron chi connectivity index (χ2n) is 15.2. The Hall–Kier alpha value is -7.28. The van der Waals surface area contributed by atoms with Crippen molar-refractivity contribution in [2.45, 2.75) is 0 Å². The fourth-order valence-corrected chi connectivity index (χ4v) is 9.61. The summed E-state index contributed by atoms with van der Waals surface area (Å²) in [6.45, 7) is 0. The van der Waals surface area contributed by atoms with Crippen molar-refractivity contribution in [1.29, 1.82) is 0 Å². The lowest BCUT2D eigenvalue weighted by molar-refractivity contribution is 1.61. The van der Waals surface area contributed by atoms with Gasteiger partial charge in [0.2, 0.25) is 0 Å². The molecule has 0 N–H and O–H groups in total. The molecular weight excluding hydrogens is 673 g/mol. The van der Waals surface area contributed by atoms with Crippen LogP contribution in [0, 0.1) is 0 Å². The Morgan fingerprint density at radius 1 is 0.196 bits per heavy atom. The highest BCUT2D eigenvalue weighted by atomic mass is 14.3. The molecule has 0 atom stereocenters. The topological polar surface area (TPSA) is 0 Å².